The van der Waals surface area contributed by atoms with Crippen LogP contribution in [0.5, 0.6) is 0 Å². The van der Waals surface area contributed by atoms with Crippen molar-refractivity contribution in [2.45, 2.75) is 13.3 Å². The zero-order valence-electron chi connectivity index (χ0n) is 9.77. The molecule has 0 bridgehead atoms. The van der Waals surface area contributed by atoms with Crippen molar-refractivity contribution in [1.82, 2.24) is 4.98 Å². The van der Waals surface area contributed by atoms with E-state index in [1.165, 1.54) is 7.11 Å². The van der Waals surface area contributed by atoms with Crippen molar-refractivity contribution < 1.29 is 13.9 Å². The first-order chi connectivity index (χ1) is 8.24. The van der Waals surface area contributed by atoms with Crippen LogP contribution in [0, 0.1) is 0 Å². The summed E-state index contributed by atoms with van der Waals surface area (Å²) in [5, 5.41) is 0. The lowest BCUT2D eigenvalue weighted by Gasteiger charge is -1.96. The molecule has 0 saturated heterocycles. The van der Waals surface area contributed by atoms with Crippen molar-refractivity contribution in [2.75, 3.05) is 7.11 Å². The summed E-state index contributed by atoms with van der Waals surface area (Å²) in [6, 6.07) is 5.05. The second kappa shape index (κ2) is 4.82. The average Bonchev–Trinajstić information content (AvgIpc) is 2.76. The molecule has 0 unspecified atom stereocenters. The van der Waals surface area contributed by atoms with Gasteiger partial charge in [0.2, 0.25) is 5.89 Å². The topological polar surface area (TPSA) is 52.3 Å². The third-order valence-corrected chi connectivity index (χ3v) is 2.32. The molecule has 2 rings (SSSR count). The summed E-state index contributed by atoms with van der Waals surface area (Å²) >= 11 is 0. The van der Waals surface area contributed by atoms with Crippen LogP contribution < -0.4 is 0 Å². The number of oxazole rings is 1. The van der Waals surface area contributed by atoms with Gasteiger partial charge < -0.3 is 9.15 Å². The van der Waals surface area contributed by atoms with Crippen molar-refractivity contribution in [3.63, 3.8) is 0 Å². The zero-order chi connectivity index (χ0) is 12.3. The molecule has 0 aliphatic carbocycles. The Bertz CT molecular complexity index is 569. The number of aromatic nitrogens is 1. The Balaban J connectivity index is 2.40. The highest BCUT2D eigenvalue weighted by molar-refractivity contribution is 5.93. The molecule has 0 aliphatic rings. The molecule has 88 valence electrons. The first kappa shape index (κ1) is 11.4. The molecule has 0 spiro atoms. The second-order valence-corrected chi connectivity index (χ2v) is 3.54. The minimum atomic E-state index is -0.381. The van der Waals surface area contributed by atoms with Crippen LogP contribution in [0.1, 0.15) is 29.6 Å². The maximum Gasteiger partial charge on any atom is 0.337 e. The fourth-order valence-electron chi connectivity index (χ4n) is 1.48. The first-order valence-corrected chi connectivity index (χ1v) is 5.40. The monoisotopic (exact) mass is 231 g/mol. The molecule has 0 aliphatic heterocycles. The van der Waals surface area contributed by atoms with Crippen LogP contribution in [0.25, 0.3) is 17.2 Å². The third kappa shape index (κ3) is 2.36. The quantitative estimate of drug-likeness (QED) is 0.762. The van der Waals surface area contributed by atoms with Gasteiger partial charge in [0.05, 0.1) is 12.7 Å². The molecule has 0 radical (unpaired) electrons. The van der Waals surface area contributed by atoms with Crippen LogP contribution in [0.15, 0.2) is 28.7 Å². The Morgan fingerprint density at radius 3 is 3.06 bits per heavy atom. The van der Waals surface area contributed by atoms with E-state index in [1.54, 1.807) is 18.2 Å². The number of carbonyl (C=O) groups is 1. The first-order valence-electron chi connectivity index (χ1n) is 5.40. The number of fused-ring (bicyclic) bond motifs is 1. The highest BCUT2D eigenvalue weighted by atomic mass is 16.5. The van der Waals surface area contributed by atoms with Crippen LogP contribution in [0.4, 0.5) is 0 Å². The molecule has 0 amide bonds. The van der Waals surface area contributed by atoms with Gasteiger partial charge in [0.1, 0.15) is 5.52 Å². The Kier molecular flexibility index (Phi) is 3.23. The standard InChI is InChI=1S/C13H13NO3/c1-3-4-5-12-14-10-7-6-9(13(15)16-2)8-11(10)17-12/h4-8H,3H2,1-2H3/b5-4-. The van der Waals surface area contributed by atoms with Gasteiger partial charge in [-0.05, 0) is 30.7 Å². The van der Waals surface area contributed by atoms with E-state index in [0.717, 1.165) is 11.9 Å². The predicted molar refractivity (Wildman–Crippen MR) is 64.7 cm³/mol. The normalized spacial score (nSPS) is 11.2. The molecule has 0 saturated carbocycles. The minimum absolute atomic E-state index is 0.381. The summed E-state index contributed by atoms with van der Waals surface area (Å²) in [4.78, 5) is 15.6. The summed E-state index contributed by atoms with van der Waals surface area (Å²) in [5.74, 6) is 0.165. The number of ether oxygens (including phenoxy) is 1. The van der Waals surface area contributed by atoms with Crippen LogP contribution >= 0.6 is 0 Å². The summed E-state index contributed by atoms with van der Waals surface area (Å²) < 4.78 is 10.1. The van der Waals surface area contributed by atoms with Gasteiger partial charge in [-0.15, -0.1) is 0 Å². The fourth-order valence-corrected chi connectivity index (χ4v) is 1.48. The number of rotatable bonds is 3. The Morgan fingerprint density at radius 2 is 2.35 bits per heavy atom. The van der Waals surface area contributed by atoms with E-state index in [-0.39, 0.29) is 5.97 Å². The molecule has 2 aromatic rings. The van der Waals surface area contributed by atoms with Gasteiger partial charge in [0.25, 0.3) is 0 Å². The summed E-state index contributed by atoms with van der Waals surface area (Å²) in [5.41, 5.74) is 1.78. The number of benzene rings is 1. The number of hydrogen-bond donors (Lipinski definition) is 0. The number of nitrogens with zero attached hydrogens (tertiary/aromatic N) is 1. The molecular formula is C13H13NO3. The number of carbonyl (C=O) groups excluding carboxylic acids is 1. The molecule has 1 aromatic carbocycles. The molecule has 1 aromatic heterocycles. The number of esters is 1. The van der Waals surface area contributed by atoms with Gasteiger partial charge in [-0.25, -0.2) is 9.78 Å². The average molecular weight is 231 g/mol. The van der Waals surface area contributed by atoms with E-state index < -0.39 is 0 Å². The van der Waals surface area contributed by atoms with Gasteiger partial charge in [-0.2, -0.15) is 0 Å². The van der Waals surface area contributed by atoms with E-state index in [1.807, 2.05) is 19.1 Å². The lowest BCUT2D eigenvalue weighted by atomic mass is 10.2. The third-order valence-electron chi connectivity index (χ3n) is 2.32. The van der Waals surface area contributed by atoms with E-state index in [0.29, 0.717) is 17.0 Å². The summed E-state index contributed by atoms with van der Waals surface area (Å²) in [6.45, 7) is 2.04. The second-order valence-electron chi connectivity index (χ2n) is 3.54. The van der Waals surface area contributed by atoms with Crippen molar-refractivity contribution in [3.05, 3.63) is 35.7 Å². The van der Waals surface area contributed by atoms with Crippen LogP contribution in [0.3, 0.4) is 0 Å². The van der Waals surface area contributed by atoms with Crippen LogP contribution in [-0.4, -0.2) is 18.1 Å². The molecule has 1 heterocycles. The van der Waals surface area contributed by atoms with Crippen LogP contribution in [-0.2, 0) is 4.74 Å². The predicted octanol–water partition coefficient (Wildman–Crippen LogP) is 3.04. The van der Waals surface area contributed by atoms with Gasteiger partial charge in [0, 0.05) is 0 Å². The Hall–Kier alpha value is -2.10. The van der Waals surface area contributed by atoms with Gasteiger partial charge in [0.15, 0.2) is 5.58 Å². The zero-order valence-corrected chi connectivity index (χ0v) is 9.77. The largest absolute Gasteiger partial charge is 0.465 e. The van der Waals surface area contributed by atoms with Crippen molar-refractivity contribution >= 4 is 23.1 Å². The van der Waals surface area contributed by atoms with Crippen LogP contribution in [0.2, 0.25) is 0 Å². The van der Waals surface area contributed by atoms with Crippen molar-refractivity contribution in [2.24, 2.45) is 0 Å². The molecule has 4 nitrogen and oxygen atoms in total. The lowest BCUT2D eigenvalue weighted by molar-refractivity contribution is 0.0601. The van der Waals surface area contributed by atoms with E-state index >= 15 is 0 Å². The van der Waals surface area contributed by atoms with Gasteiger partial charge in [-0.3, -0.25) is 0 Å². The Labute approximate surface area is 98.9 Å². The highest BCUT2D eigenvalue weighted by Gasteiger charge is 2.09. The highest BCUT2D eigenvalue weighted by Crippen LogP contribution is 2.18. The SMILES string of the molecule is CC/C=C\c1nc2ccc(C(=O)OC)cc2o1. The molecule has 4 heteroatoms. The molecule has 0 fully saturated rings. The number of hydrogen-bond acceptors (Lipinski definition) is 4. The maximum atomic E-state index is 11.3. The number of allylic oxidation sites excluding steroid dienone is 1. The minimum Gasteiger partial charge on any atom is -0.465 e. The van der Waals surface area contributed by atoms with Crippen molar-refractivity contribution in [3.8, 4) is 0 Å². The number of methoxy groups -OCH3 is 1. The lowest BCUT2D eigenvalue weighted by Crippen LogP contribution is -2.00. The fraction of sp³-hybridized carbons (Fsp3) is 0.231. The summed E-state index contributed by atoms with van der Waals surface area (Å²) in [6.07, 6.45) is 4.70. The smallest absolute Gasteiger partial charge is 0.337 e. The molecular weight excluding hydrogens is 218 g/mol. The maximum absolute atomic E-state index is 11.3. The van der Waals surface area contributed by atoms with Gasteiger partial charge >= 0.3 is 5.97 Å². The van der Waals surface area contributed by atoms with E-state index in [2.05, 4.69) is 9.72 Å². The van der Waals surface area contributed by atoms with Crippen molar-refractivity contribution in [1.29, 1.82) is 0 Å². The van der Waals surface area contributed by atoms with Gasteiger partial charge in [-0.1, -0.05) is 13.0 Å². The van der Waals surface area contributed by atoms with E-state index in [4.69, 9.17) is 4.42 Å². The molecule has 17 heavy (non-hydrogen) atoms. The molecule has 0 N–H and O–H groups in total. The molecule has 0 atom stereocenters. The van der Waals surface area contributed by atoms with E-state index in [9.17, 15) is 4.79 Å². The summed E-state index contributed by atoms with van der Waals surface area (Å²) in [7, 11) is 1.35. The Morgan fingerprint density at radius 1 is 1.53 bits per heavy atom.